The Morgan fingerprint density at radius 1 is 1.35 bits per heavy atom. The third kappa shape index (κ3) is 2.11. The van der Waals surface area contributed by atoms with Gasteiger partial charge in [0, 0.05) is 23.6 Å². The topological polar surface area (TPSA) is 86.1 Å². The van der Waals surface area contributed by atoms with E-state index in [1.54, 1.807) is 24.3 Å². The van der Waals surface area contributed by atoms with Crippen LogP contribution in [0.2, 0.25) is 0 Å². The van der Waals surface area contributed by atoms with Crippen LogP contribution in [0.5, 0.6) is 0 Å². The second kappa shape index (κ2) is 4.67. The van der Waals surface area contributed by atoms with Crippen molar-refractivity contribution in [3.05, 3.63) is 45.8 Å². The Hall–Kier alpha value is -2.33. The van der Waals surface area contributed by atoms with Gasteiger partial charge in [-0.15, -0.1) is 0 Å². The van der Waals surface area contributed by atoms with Crippen molar-refractivity contribution in [3.63, 3.8) is 0 Å². The first-order chi connectivity index (χ1) is 8.24. The van der Waals surface area contributed by atoms with Gasteiger partial charge in [-0.2, -0.15) is 0 Å². The number of hydrogen-bond acceptors (Lipinski definition) is 3. The Balaban J connectivity index is 2.24. The van der Waals surface area contributed by atoms with Crippen molar-refractivity contribution in [3.8, 4) is 0 Å². The number of imide groups is 1. The summed E-state index contributed by atoms with van der Waals surface area (Å²) in [5.41, 5.74) is 9.46. The van der Waals surface area contributed by atoms with Crippen molar-refractivity contribution in [2.75, 3.05) is 13.1 Å². The Labute approximate surface area is 97.5 Å². The van der Waals surface area contributed by atoms with Crippen LogP contribution >= 0.6 is 0 Å². The molecular weight excluding hydrogens is 220 g/mol. The van der Waals surface area contributed by atoms with Gasteiger partial charge in [-0.1, -0.05) is 23.3 Å². The number of fused-ring (bicyclic) bond motifs is 1. The zero-order valence-corrected chi connectivity index (χ0v) is 9.04. The maximum atomic E-state index is 12.0. The predicted molar refractivity (Wildman–Crippen MR) is 60.2 cm³/mol. The van der Waals surface area contributed by atoms with Gasteiger partial charge in [-0.25, -0.2) is 0 Å². The molecule has 0 N–H and O–H groups in total. The Bertz CT molecular complexity index is 520. The van der Waals surface area contributed by atoms with Gasteiger partial charge in [0.05, 0.1) is 6.42 Å². The van der Waals surface area contributed by atoms with Gasteiger partial charge in [-0.05, 0) is 17.2 Å². The average molecular weight is 230 g/mol. The summed E-state index contributed by atoms with van der Waals surface area (Å²) in [6.45, 7) is 0.242. The molecule has 0 bridgehead atoms. The molecule has 1 aliphatic rings. The third-order valence-electron chi connectivity index (χ3n) is 2.62. The van der Waals surface area contributed by atoms with E-state index in [1.807, 2.05) is 0 Å². The summed E-state index contributed by atoms with van der Waals surface area (Å²) in [5.74, 6) is -0.563. The van der Waals surface area contributed by atoms with Crippen molar-refractivity contribution in [1.29, 1.82) is 0 Å². The van der Waals surface area contributed by atoms with Crippen LogP contribution in [0.4, 0.5) is 0 Å². The van der Waals surface area contributed by atoms with E-state index in [2.05, 4.69) is 10.0 Å². The number of carbonyl (C=O) groups is 2. The fraction of sp³-hybridized carbons (Fsp3) is 0.273. The number of rotatable bonds is 3. The van der Waals surface area contributed by atoms with Gasteiger partial charge >= 0.3 is 0 Å². The second-order valence-corrected chi connectivity index (χ2v) is 3.64. The number of benzene rings is 1. The highest BCUT2D eigenvalue weighted by atomic mass is 16.2. The predicted octanol–water partition coefficient (Wildman–Crippen LogP) is 1.52. The van der Waals surface area contributed by atoms with Crippen molar-refractivity contribution >= 4 is 11.8 Å². The van der Waals surface area contributed by atoms with E-state index in [9.17, 15) is 9.59 Å². The highest BCUT2D eigenvalue weighted by Crippen LogP contribution is 2.19. The molecule has 6 nitrogen and oxygen atoms in total. The maximum Gasteiger partial charge on any atom is 0.260 e. The molecular formula is C11H10N4O2. The summed E-state index contributed by atoms with van der Waals surface area (Å²) in [6.07, 6.45) is 0.220. The average Bonchev–Trinajstić information content (AvgIpc) is 2.33. The molecule has 2 rings (SSSR count). The molecule has 1 heterocycles. The van der Waals surface area contributed by atoms with E-state index in [0.717, 1.165) is 10.5 Å². The zero-order chi connectivity index (χ0) is 12.3. The van der Waals surface area contributed by atoms with Gasteiger partial charge in [0.25, 0.3) is 5.91 Å². The van der Waals surface area contributed by atoms with Crippen LogP contribution < -0.4 is 0 Å². The van der Waals surface area contributed by atoms with Crippen LogP contribution in [0.25, 0.3) is 10.4 Å². The molecule has 0 atom stereocenters. The van der Waals surface area contributed by atoms with Crippen molar-refractivity contribution in [1.82, 2.24) is 4.90 Å². The number of hydrogen-bond donors (Lipinski definition) is 0. The summed E-state index contributed by atoms with van der Waals surface area (Å²) in [6, 6.07) is 7.04. The van der Waals surface area contributed by atoms with Crippen molar-refractivity contribution < 1.29 is 9.59 Å². The molecule has 1 aromatic rings. The van der Waals surface area contributed by atoms with E-state index in [1.165, 1.54) is 0 Å². The number of nitrogens with zero attached hydrogens (tertiary/aromatic N) is 4. The molecule has 1 aromatic carbocycles. The molecule has 2 amide bonds. The van der Waals surface area contributed by atoms with E-state index >= 15 is 0 Å². The van der Waals surface area contributed by atoms with Crippen LogP contribution in [0.15, 0.2) is 29.4 Å². The maximum absolute atomic E-state index is 12.0. The molecule has 0 saturated carbocycles. The molecule has 0 spiro atoms. The minimum absolute atomic E-state index is 0.107. The molecule has 1 aliphatic heterocycles. The smallest absolute Gasteiger partial charge is 0.260 e. The normalized spacial score (nSPS) is 14.2. The summed E-state index contributed by atoms with van der Waals surface area (Å²) >= 11 is 0. The minimum Gasteiger partial charge on any atom is -0.278 e. The summed E-state index contributed by atoms with van der Waals surface area (Å²) in [5, 5.41) is 3.33. The lowest BCUT2D eigenvalue weighted by molar-refractivity contribution is -0.128. The van der Waals surface area contributed by atoms with E-state index in [0.29, 0.717) is 5.56 Å². The van der Waals surface area contributed by atoms with E-state index in [4.69, 9.17) is 5.53 Å². The molecule has 0 unspecified atom stereocenters. The molecule has 6 heteroatoms. The van der Waals surface area contributed by atoms with Crippen LogP contribution in [-0.4, -0.2) is 29.8 Å². The minimum atomic E-state index is -0.315. The highest BCUT2D eigenvalue weighted by molar-refractivity contribution is 6.09. The number of amides is 2. The molecule has 0 aliphatic carbocycles. The van der Waals surface area contributed by atoms with E-state index in [-0.39, 0.29) is 31.3 Å². The zero-order valence-electron chi connectivity index (χ0n) is 9.04. The summed E-state index contributed by atoms with van der Waals surface area (Å²) in [4.78, 5) is 27.4. The Morgan fingerprint density at radius 3 is 2.88 bits per heavy atom. The lowest BCUT2D eigenvalue weighted by atomic mass is 9.99. The van der Waals surface area contributed by atoms with Gasteiger partial charge in [0.2, 0.25) is 5.91 Å². The summed E-state index contributed by atoms with van der Waals surface area (Å²) < 4.78 is 0. The quantitative estimate of drug-likeness (QED) is 0.341. The van der Waals surface area contributed by atoms with Crippen LogP contribution in [0.3, 0.4) is 0 Å². The Kier molecular flexibility index (Phi) is 3.07. The molecule has 86 valence electrons. The van der Waals surface area contributed by atoms with E-state index < -0.39 is 0 Å². The first-order valence-corrected chi connectivity index (χ1v) is 5.17. The first-order valence-electron chi connectivity index (χ1n) is 5.17. The van der Waals surface area contributed by atoms with Gasteiger partial charge in [-0.3, -0.25) is 14.5 Å². The standard InChI is InChI=1S/C11H10N4O2/c12-14-13-5-6-15-10(16)7-8-3-1-2-4-9(8)11(15)17/h1-4H,5-7H2. The number of carbonyl (C=O) groups excluding carboxylic acids is 2. The molecule has 0 radical (unpaired) electrons. The highest BCUT2D eigenvalue weighted by Gasteiger charge is 2.29. The molecule has 0 aromatic heterocycles. The first kappa shape index (κ1) is 11.2. The largest absolute Gasteiger partial charge is 0.278 e. The van der Waals surface area contributed by atoms with Crippen molar-refractivity contribution in [2.45, 2.75) is 6.42 Å². The monoisotopic (exact) mass is 230 g/mol. The van der Waals surface area contributed by atoms with Crippen LogP contribution in [0, 0.1) is 0 Å². The molecule has 0 saturated heterocycles. The van der Waals surface area contributed by atoms with Gasteiger partial charge < -0.3 is 0 Å². The SMILES string of the molecule is [N-]=[N+]=NCCN1C(=O)Cc2ccccc2C1=O. The summed E-state index contributed by atoms with van der Waals surface area (Å²) in [7, 11) is 0. The Morgan fingerprint density at radius 2 is 2.12 bits per heavy atom. The third-order valence-corrected chi connectivity index (χ3v) is 2.62. The number of azide groups is 1. The van der Waals surface area contributed by atoms with Crippen LogP contribution in [-0.2, 0) is 11.2 Å². The van der Waals surface area contributed by atoms with Gasteiger partial charge in [0.15, 0.2) is 0 Å². The lowest BCUT2D eigenvalue weighted by Gasteiger charge is -2.26. The van der Waals surface area contributed by atoms with Gasteiger partial charge in [0.1, 0.15) is 0 Å². The fourth-order valence-electron chi connectivity index (χ4n) is 1.82. The lowest BCUT2D eigenvalue weighted by Crippen LogP contribution is -2.43. The molecule has 17 heavy (non-hydrogen) atoms. The fourth-order valence-corrected chi connectivity index (χ4v) is 1.82. The van der Waals surface area contributed by atoms with Crippen molar-refractivity contribution in [2.24, 2.45) is 5.11 Å². The molecule has 0 fully saturated rings. The second-order valence-electron chi connectivity index (χ2n) is 3.64. The van der Waals surface area contributed by atoms with Crippen LogP contribution in [0.1, 0.15) is 15.9 Å².